The minimum Gasteiger partial charge on any atom is -0.383 e. The Morgan fingerprint density at radius 3 is 1.91 bits per heavy atom. The summed E-state index contributed by atoms with van der Waals surface area (Å²) < 4.78 is 0. The van der Waals surface area contributed by atoms with Gasteiger partial charge in [0.25, 0.3) is 0 Å². The zero-order chi connectivity index (χ0) is 16.3. The van der Waals surface area contributed by atoms with Crippen LogP contribution in [0.5, 0.6) is 0 Å². The second kappa shape index (κ2) is 10.1. The van der Waals surface area contributed by atoms with Crippen molar-refractivity contribution in [3.8, 4) is 23.7 Å². The quantitative estimate of drug-likeness (QED) is 0.619. The smallest absolute Gasteiger partial charge is 0.218 e. The van der Waals surface area contributed by atoms with Gasteiger partial charge < -0.3 is 10.2 Å². The Balaban J connectivity index is 2.97. The molecule has 0 spiro atoms. The van der Waals surface area contributed by atoms with Gasteiger partial charge in [0, 0.05) is 12.8 Å². The van der Waals surface area contributed by atoms with Gasteiger partial charge in [0.1, 0.15) is 6.10 Å². The first-order chi connectivity index (χ1) is 10.6. The highest BCUT2D eigenvalue weighted by molar-refractivity contribution is 5.36. The molecule has 0 aliphatic heterocycles. The maximum atomic E-state index is 10.7. The fourth-order valence-corrected chi connectivity index (χ4v) is 1.97. The van der Waals surface area contributed by atoms with Gasteiger partial charge in [-0.15, -0.1) is 0 Å². The van der Waals surface area contributed by atoms with E-state index >= 15 is 0 Å². The topological polar surface area (TPSA) is 40.5 Å². The lowest BCUT2D eigenvalue weighted by molar-refractivity contribution is 0.00685. The summed E-state index contributed by atoms with van der Waals surface area (Å²) in [6.45, 7) is 4.19. The zero-order valence-corrected chi connectivity index (χ0v) is 13.6. The van der Waals surface area contributed by atoms with Crippen LogP contribution in [0.25, 0.3) is 0 Å². The van der Waals surface area contributed by atoms with Gasteiger partial charge in [-0.3, -0.25) is 0 Å². The van der Waals surface area contributed by atoms with E-state index in [1.807, 2.05) is 18.2 Å². The molecule has 0 radical (unpaired) electrons. The van der Waals surface area contributed by atoms with Crippen LogP contribution in [0.1, 0.15) is 64.0 Å². The lowest BCUT2D eigenvalue weighted by atomic mass is 9.91. The van der Waals surface area contributed by atoms with E-state index in [0.717, 1.165) is 25.7 Å². The first-order valence-electron chi connectivity index (χ1n) is 8.09. The largest absolute Gasteiger partial charge is 0.383 e. The van der Waals surface area contributed by atoms with Crippen LogP contribution in [0.15, 0.2) is 30.3 Å². The number of aliphatic hydroxyl groups is 2. The van der Waals surface area contributed by atoms with E-state index in [4.69, 9.17) is 0 Å². The molecule has 1 aromatic carbocycles. The van der Waals surface area contributed by atoms with Crippen molar-refractivity contribution in [2.24, 2.45) is 0 Å². The van der Waals surface area contributed by atoms with Gasteiger partial charge in [-0.25, -0.2) is 0 Å². The molecule has 2 heteroatoms. The Bertz CT molecular complexity index is 514. The Morgan fingerprint density at radius 2 is 1.45 bits per heavy atom. The van der Waals surface area contributed by atoms with Crippen molar-refractivity contribution < 1.29 is 10.2 Å². The first-order valence-corrected chi connectivity index (χ1v) is 8.09. The zero-order valence-electron chi connectivity index (χ0n) is 13.6. The van der Waals surface area contributed by atoms with Crippen LogP contribution in [0.3, 0.4) is 0 Å². The minimum absolute atomic E-state index is 0.625. The molecule has 0 fully saturated rings. The molecule has 1 aromatic rings. The summed E-state index contributed by atoms with van der Waals surface area (Å²) in [5, 5.41) is 21.2. The SMILES string of the molecule is CCCCC#CC(O)(C#CCCCC)C(O)c1ccccc1. The average molecular weight is 298 g/mol. The van der Waals surface area contributed by atoms with Gasteiger partial charge in [0.2, 0.25) is 5.60 Å². The van der Waals surface area contributed by atoms with Crippen LogP contribution in [0.4, 0.5) is 0 Å². The standard InChI is InChI=1S/C20H26O2/c1-3-5-7-12-16-20(22,17-13-8-6-4-2)19(21)18-14-10-9-11-15-18/h9-11,14-15,19,21-22H,3-8H2,1-2H3. The van der Waals surface area contributed by atoms with E-state index in [0.29, 0.717) is 18.4 Å². The number of unbranched alkanes of at least 4 members (excludes halogenated alkanes) is 4. The summed E-state index contributed by atoms with van der Waals surface area (Å²) in [6, 6.07) is 9.07. The number of hydrogen-bond donors (Lipinski definition) is 2. The second-order valence-electron chi connectivity index (χ2n) is 5.39. The Hall–Kier alpha value is -1.74. The number of hydrogen-bond acceptors (Lipinski definition) is 2. The Labute approximate surface area is 134 Å². The van der Waals surface area contributed by atoms with E-state index in [2.05, 4.69) is 37.5 Å². The van der Waals surface area contributed by atoms with Crippen LogP contribution in [0, 0.1) is 23.7 Å². The predicted octanol–water partition coefficient (Wildman–Crippen LogP) is 3.84. The lowest BCUT2D eigenvalue weighted by Gasteiger charge is -2.23. The first kappa shape index (κ1) is 18.3. The lowest BCUT2D eigenvalue weighted by Crippen LogP contribution is -2.33. The summed E-state index contributed by atoms with van der Waals surface area (Å²) in [6.07, 6.45) is 4.35. The van der Waals surface area contributed by atoms with Gasteiger partial charge in [-0.1, -0.05) is 80.7 Å². The molecular weight excluding hydrogens is 272 g/mol. The highest BCUT2D eigenvalue weighted by Crippen LogP contribution is 2.25. The van der Waals surface area contributed by atoms with Gasteiger partial charge in [0.15, 0.2) is 0 Å². The van der Waals surface area contributed by atoms with E-state index in [1.54, 1.807) is 12.1 Å². The van der Waals surface area contributed by atoms with Crippen molar-refractivity contribution in [1.82, 2.24) is 0 Å². The highest BCUT2D eigenvalue weighted by atomic mass is 16.3. The molecule has 0 aliphatic carbocycles. The molecule has 0 aliphatic rings. The molecule has 2 nitrogen and oxygen atoms in total. The van der Waals surface area contributed by atoms with Crippen LogP contribution in [-0.2, 0) is 0 Å². The third-order valence-electron chi connectivity index (χ3n) is 3.38. The number of rotatable bonds is 6. The molecule has 0 bridgehead atoms. The van der Waals surface area contributed by atoms with Crippen LogP contribution in [0.2, 0.25) is 0 Å². The molecule has 1 rings (SSSR count). The van der Waals surface area contributed by atoms with E-state index in [1.165, 1.54) is 0 Å². The van der Waals surface area contributed by atoms with Gasteiger partial charge in [-0.05, 0) is 18.4 Å². The van der Waals surface area contributed by atoms with E-state index in [-0.39, 0.29) is 0 Å². The molecule has 0 aromatic heterocycles. The van der Waals surface area contributed by atoms with Crippen molar-refractivity contribution in [1.29, 1.82) is 0 Å². The summed E-state index contributed by atoms with van der Waals surface area (Å²) in [5.74, 6) is 11.5. The molecule has 22 heavy (non-hydrogen) atoms. The summed E-state index contributed by atoms with van der Waals surface area (Å²) >= 11 is 0. The number of benzene rings is 1. The van der Waals surface area contributed by atoms with Gasteiger partial charge in [0.05, 0.1) is 0 Å². The molecule has 1 atom stereocenters. The highest BCUT2D eigenvalue weighted by Gasteiger charge is 2.33. The fourth-order valence-electron chi connectivity index (χ4n) is 1.97. The van der Waals surface area contributed by atoms with Crippen LogP contribution >= 0.6 is 0 Å². The summed E-state index contributed by atoms with van der Waals surface area (Å²) in [4.78, 5) is 0. The molecule has 0 saturated heterocycles. The van der Waals surface area contributed by atoms with Crippen LogP contribution < -0.4 is 0 Å². The molecule has 0 saturated carbocycles. The van der Waals surface area contributed by atoms with Crippen molar-refractivity contribution >= 4 is 0 Å². The maximum absolute atomic E-state index is 10.7. The predicted molar refractivity (Wildman–Crippen MR) is 91.0 cm³/mol. The third kappa shape index (κ3) is 5.94. The third-order valence-corrected chi connectivity index (χ3v) is 3.38. The van der Waals surface area contributed by atoms with Crippen molar-refractivity contribution in [3.05, 3.63) is 35.9 Å². The Morgan fingerprint density at radius 1 is 0.955 bits per heavy atom. The molecule has 118 valence electrons. The monoisotopic (exact) mass is 298 g/mol. The van der Waals surface area contributed by atoms with Gasteiger partial charge in [-0.2, -0.15) is 0 Å². The molecule has 0 amide bonds. The van der Waals surface area contributed by atoms with Crippen LogP contribution in [-0.4, -0.2) is 15.8 Å². The molecule has 0 heterocycles. The summed E-state index contributed by atoms with van der Waals surface area (Å²) in [7, 11) is 0. The van der Waals surface area contributed by atoms with Crippen molar-refractivity contribution in [2.45, 2.75) is 64.1 Å². The average Bonchev–Trinajstić information content (AvgIpc) is 2.56. The Kier molecular flexibility index (Phi) is 8.38. The molecule has 2 N–H and O–H groups in total. The second-order valence-corrected chi connectivity index (χ2v) is 5.39. The van der Waals surface area contributed by atoms with Gasteiger partial charge >= 0.3 is 0 Å². The minimum atomic E-state index is -1.71. The molecule has 1 unspecified atom stereocenters. The maximum Gasteiger partial charge on any atom is 0.218 e. The fraction of sp³-hybridized carbons (Fsp3) is 0.500. The van der Waals surface area contributed by atoms with E-state index < -0.39 is 11.7 Å². The van der Waals surface area contributed by atoms with Crippen molar-refractivity contribution in [3.63, 3.8) is 0 Å². The molecular formula is C20H26O2. The van der Waals surface area contributed by atoms with E-state index in [9.17, 15) is 10.2 Å². The van der Waals surface area contributed by atoms with Crippen molar-refractivity contribution in [2.75, 3.05) is 0 Å². The summed E-state index contributed by atoms with van der Waals surface area (Å²) in [5.41, 5.74) is -1.08. The normalized spacial score (nSPS) is 11.8. The number of aliphatic hydroxyl groups excluding tert-OH is 1.